The van der Waals surface area contributed by atoms with Gasteiger partial charge in [-0.25, -0.2) is 0 Å². The molecule has 1 aliphatic rings. The summed E-state index contributed by atoms with van der Waals surface area (Å²) < 4.78 is 10.6. The van der Waals surface area contributed by atoms with Gasteiger partial charge >= 0.3 is 0 Å². The first-order valence-electron chi connectivity index (χ1n) is 5.28. The van der Waals surface area contributed by atoms with Gasteiger partial charge in [0.05, 0.1) is 12.9 Å². The van der Waals surface area contributed by atoms with Gasteiger partial charge in [-0.3, -0.25) is 0 Å². The first kappa shape index (κ1) is 10.7. The Labute approximate surface area is 89.0 Å². The topological polar surface area (TPSA) is 68.6 Å². The molecule has 1 saturated heterocycles. The van der Waals surface area contributed by atoms with Crippen LogP contribution < -0.4 is 5.73 Å². The van der Waals surface area contributed by atoms with Crippen molar-refractivity contribution in [1.82, 2.24) is 0 Å². The van der Waals surface area contributed by atoms with Gasteiger partial charge in [0.1, 0.15) is 11.9 Å². The Balaban J connectivity index is 2.18. The van der Waals surface area contributed by atoms with Crippen molar-refractivity contribution in [3.05, 3.63) is 24.2 Å². The molecule has 15 heavy (non-hydrogen) atoms. The van der Waals surface area contributed by atoms with Crippen molar-refractivity contribution in [3.63, 3.8) is 0 Å². The molecule has 1 aromatic heterocycles. The van der Waals surface area contributed by atoms with E-state index in [0.29, 0.717) is 18.9 Å². The van der Waals surface area contributed by atoms with E-state index in [1.54, 1.807) is 18.4 Å². The van der Waals surface area contributed by atoms with Crippen molar-refractivity contribution in [2.24, 2.45) is 11.1 Å². The van der Waals surface area contributed by atoms with Gasteiger partial charge < -0.3 is 20.0 Å². The Morgan fingerprint density at radius 1 is 1.60 bits per heavy atom. The van der Waals surface area contributed by atoms with E-state index in [1.807, 2.05) is 0 Å². The molecule has 0 spiro atoms. The average molecular weight is 211 g/mol. The minimum absolute atomic E-state index is 0.379. The van der Waals surface area contributed by atoms with Crippen molar-refractivity contribution < 1.29 is 14.3 Å². The number of rotatable bonds is 3. The van der Waals surface area contributed by atoms with Crippen LogP contribution in [0.25, 0.3) is 0 Å². The molecule has 0 bridgehead atoms. The number of nitrogens with two attached hydrogens (primary N) is 1. The molecule has 0 aromatic carbocycles. The SMILES string of the molecule is NCC1(C(O)c2ccco2)CCCOC1. The molecule has 4 nitrogen and oxygen atoms in total. The molecule has 2 atom stereocenters. The lowest BCUT2D eigenvalue weighted by atomic mass is 9.76. The van der Waals surface area contributed by atoms with Crippen LogP contribution in [0.2, 0.25) is 0 Å². The second kappa shape index (κ2) is 4.35. The van der Waals surface area contributed by atoms with Crippen LogP contribution in [0.3, 0.4) is 0 Å². The fourth-order valence-electron chi connectivity index (χ4n) is 2.11. The molecule has 0 radical (unpaired) electrons. The zero-order valence-corrected chi connectivity index (χ0v) is 8.69. The summed E-state index contributed by atoms with van der Waals surface area (Å²) in [6.07, 6.45) is 2.71. The summed E-state index contributed by atoms with van der Waals surface area (Å²) >= 11 is 0. The van der Waals surface area contributed by atoms with E-state index in [0.717, 1.165) is 19.4 Å². The van der Waals surface area contributed by atoms with Crippen molar-refractivity contribution >= 4 is 0 Å². The van der Waals surface area contributed by atoms with Crippen LogP contribution in [0.15, 0.2) is 22.8 Å². The molecule has 0 aliphatic carbocycles. The number of ether oxygens (including phenoxy) is 1. The summed E-state index contributed by atoms with van der Waals surface area (Å²) in [5.74, 6) is 0.575. The van der Waals surface area contributed by atoms with Gasteiger partial charge in [-0.05, 0) is 25.0 Å². The summed E-state index contributed by atoms with van der Waals surface area (Å²) in [6.45, 7) is 1.67. The molecule has 4 heteroatoms. The highest BCUT2D eigenvalue weighted by Gasteiger charge is 2.40. The van der Waals surface area contributed by atoms with Crippen LogP contribution in [-0.2, 0) is 4.74 Å². The summed E-state index contributed by atoms with van der Waals surface area (Å²) in [5.41, 5.74) is 5.38. The van der Waals surface area contributed by atoms with E-state index in [1.165, 1.54) is 0 Å². The van der Waals surface area contributed by atoms with E-state index in [4.69, 9.17) is 14.9 Å². The summed E-state index contributed by atoms with van der Waals surface area (Å²) in [4.78, 5) is 0. The number of aliphatic hydroxyl groups is 1. The third-order valence-corrected chi connectivity index (χ3v) is 3.15. The van der Waals surface area contributed by atoms with Crippen molar-refractivity contribution in [1.29, 1.82) is 0 Å². The lowest BCUT2D eigenvalue weighted by Crippen LogP contribution is -2.43. The van der Waals surface area contributed by atoms with Crippen molar-refractivity contribution in [2.45, 2.75) is 18.9 Å². The summed E-state index contributed by atoms with van der Waals surface area (Å²) in [7, 11) is 0. The molecule has 0 amide bonds. The van der Waals surface area contributed by atoms with Crippen LogP contribution in [-0.4, -0.2) is 24.9 Å². The Morgan fingerprint density at radius 3 is 3.00 bits per heavy atom. The maximum absolute atomic E-state index is 10.2. The monoisotopic (exact) mass is 211 g/mol. The number of hydrogen-bond acceptors (Lipinski definition) is 4. The molecule has 2 unspecified atom stereocenters. The molecule has 84 valence electrons. The Bertz CT molecular complexity index is 291. The van der Waals surface area contributed by atoms with Gasteiger partial charge in [0, 0.05) is 18.6 Å². The van der Waals surface area contributed by atoms with E-state index in [-0.39, 0.29) is 5.41 Å². The number of aliphatic hydroxyl groups excluding tert-OH is 1. The van der Waals surface area contributed by atoms with Gasteiger partial charge in [0.2, 0.25) is 0 Å². The largest absolute Gasteiger partial charge is 0.467 e. The van der Waals surface area contributed by atoms with Crippen molar-refractivity contribution in [3.8, 4) is 0 Å². The number of furan rings is 1. The first-order chi connectivity index (χ1) is 7.28. The second-order valence-electron chi connectivity index (χ2n) is 4.14. The third-order valence-electron chi connectivity index (χ3n) is 3.15. The van der Waals surface area contributed by atoms with E-state index < -0.39 is 6.10 Å². The van der Waals surface area contributed by atoms with Crippen molar-refractivity contribution in [2.75, 3.05) is 19.8 Å². The minimum atomic E-state index is -0.669. The van der Waals surface area contributed by atoms with E-state index in [9.17, 15) is 5.11 Å². The quantitative estimate of drug-likeness (QED) is 0.784. The van der Waals surface area contributed by atoms with Gasteiger partial charge in [0.15, 0.2) is 0 Å². The Hall–Kier alpha value is -0.840. The highest BCUT2D eigenvalue weighted by molar-refractivity contribution is 5.08. The minimum Gasteiger partial charge on any atom is -0.467 e. The fourth-order valence-corrected chi connectivity index (χ4v) is 2.11. The highest BCUT2D eigenvalue weighted by Crippen LogP contribution is 2.40. The Kier molecular flexibility index (Phi) is 3.09. The van der Waals surface area contributed by atoms with Crippen LogP contribution in [0.1, 0.15) is 24.7 Å². The van der Waals surface area contributed by atoms with E-state index in [2.05, 4.69) is 0 Å². The summed E-state index contributed by atoms with van der Waals surface area (Å²) in [5, 5.41) is 10.2. The van der Waals surface area contributed by atoms with Crippen LogP contribution in [0, 0.1) is 5.41 Å². The molecule has 2 heterocycles. The molecule has 1 aromatic rings. The lowest BCUT2D eigenvalue weighted by molar-refractivity contribution is -0.0851. The molecule has 2 rings (SSSR count). The predicted octanol–water partition coefficient (Wildman–Crippen LogP) is 1.07. The maximum atomic E-state index is 10.2. The molecule has 1 aliphatic heterocycles. The van der Waals surface area contributed by atoms with Crippen LogP contribution >= 0.6 is 0 Å². The molecule has 1 fully saturated rings. The standard InChI is InChI=1S/C11H17NO3/c12-7-11(4-2-5-14-8-11)10(13)9-3-1-6-15-9/h1,3,6,10,13H,2,4-5,7-8,12H2. The van der Waals surface area contributed by atoms with Gasteiger partial charge in [0.25, 0.3) is 0 Å². The Morgan fingerprint density at radius 2 is 2.47 bits per heavy atom. The van der Waals surface area contributed by atoms with Gasteiger partial charge in [-0.15, -0.1) is 0 Å². The summed E-state index contributed by atoms with van der Waals surface area (Å²) in [6, 6.07) is 3.54. The highest BCUT2D eigenvalue weighted by atomic mass is 16.5. The zero-order chi connectivity index (χ0) is 10.7. The van der Waals surface area contributed by atoms with E-state index >= 15 is 0 Å². The smallest absolute Gasteiger partial charge is 0.132 e. The molecule has 0 saturated carbocycles. The first-order valence-corrected chi connectivity index (χ1v) is 5.28. The molecular formula is C11H17NO3. The fraction of sp³-hybridized carbons (Fsp3) is 0.636. The second-order valence-corrected chi connectivity index (χ2v) is 4.14. The van der Waals surface area contributed by atoms with Crippen LogP contribution in [0.5, 0.6) is 0 Å². The lowest BCUT2D eigenvalue weighted by Gasteiger charge is -2.38. The molecule has 3 N–H and O–H groups in total. The van der Waals surface area contributed by atoms with Gasteiger partial charge in [-0.2, -0.15) is 0 Å². The third kappa shape index (κ3) is 1.93. The molecular weight excluding hydrogens is 194 g/mol. The number of hydrogen-bond donors (Lipinski definition) is 2. The predicted molar refractivity (Wildman–Crippen MR) is 55.2 cm³/mol. The van der Waals surface area contributed by atoms with Crippen LogP contribution in [0.4, 0.5) is 0 Å². The normalized spacial score (nSPS) is 28.9. The zero-order valence-electron chi connectivity index (χ0n) is 8.69. The average Bonchev–Trinajstić information content (AvgIpc) is 2.82. The van der Waals surface area contributed by atoms with Gasteiger partial charge in [-0.1, -0.05) is 0 Å². The maximum Gasteiger partial charge on any atom is 0.132 e.